The average Bonchev–Trinajstić information content (AvgIpc) is 3.56. The van der Waals surface area contributed by atoms with Crippen molar-refractivity contribution in [1.82, 2.24) is 9.29 Å². The van der Waals surface area contributed by atoms with Crippen molar-refractivity contribution in [2.45, 2.75) is 57.5 Å². The Bertz CT molecular complexity index is 1280. The molecule has 1 aliphatic heterocycles. The van der Waals surface area contributed by atoms with Crippen molar-refractivity contribution in [3.63, 3.8) is 0 Å². The molecule has 4 rings (SSSR count). The third-order valence-corrected chi connectivity index (χ3v) is 9.95. The number of sulfonamides is 1. The Balaban J connectivity index is 1.65. The molecule has 0 aliphatic carbocycles. The molecular weight excluding hydrogens is 518 g/mol. The van der Waals surface area contributed by atoms with E-state index in [1.54, 1.807) is 17.0 Å². The van der Waals surface area contributed by atoms with Crippen LogP contribution in [0.25, 0.3) is 10.2 Å². The number of benzene rings is 2. The third-order valence-electron chi connectivity index (χ3n) is 6.43. The second-order valence-corrected chi connectivity index (χ2v) is 12.3. The molecular formula is C26H32ClN3O4S2. The molecule has 1 atom stereocenters. The molecule has 1 amide bonds. The Labute approximate surface area is 222 Å². The summed E-state index contributed by atoms with van der Waals surface area (Å²) in [5.74, 6) is -0.249. The summed E-state index contributed by atoms with van der Waals surface area (Å²) >= 11 is 7.80. The zero-order valence-corrected chi connectivity index (χ0v) is 23.3. The number of halogens is 1. The van der Waals surface area contributed by atoms with Crippen LogP contribution in [0.2, 0.25) is 5.02 Å². The van der Waals surface area contributed by atoms with Crippen LogP contribution in [0.5, 0.6) is 0 Å². The number of anilines is 1. The van der Waals surface area contributed by atoms with E-state index in [1.807, 2.05) is 32.9 Å². The number of aryl methyl sites for hydroxylation is 1. The number of fused-ring (bicyclic) bond motifs is 1. The zero-order valence-electron chi connectivity index (χ0n) is 20.9. The van der Waals surface area contributed by atoms with Crippen molar-refractivity contribution in [2.24, 2.45) is 0 Å². The number of ether oxygens (including phenoxy) is 1. The van der Waals surface area contributed by atoms with Gasteiger partial charge in [-0.2, -0.15) is 4.31 Å². The number of hydrogen-bond donors (Lipinski definition) is 0. The fraction of sp³-hybridized carbons (Fsp3) is 0.462. The quantitative estimate of drug-likeness (QED) is 0.315. The van der Waals surface area contributed by atoms with Gasteiger partial charge >= 0.3 is 0 Å². The van der Waals surface area contributed by atoms with Crippen molar-refractivity contribution in [3.05, 3.63) is 52.5 Å². The molecule has 1 aromatic heterocycles. The minimum Gasteiger partial charge on any atom is -0.376 e. The van der Waals surface area contributed by atoms with Gasteiger partial charge in [0.2, 0.25) is 10.0 Å². The highest BCUT2D eigenvalue weighted by atomic mass is 35.5. The molecule has 7 nitrogen and oxygen atoms in total. The number of nitrogens with zero attached hydrogens (tertiary/aromatic N) is 3. The van der Waals surface area contributed by atoms with Gasteiger partial charge in [0.15, 0.2) is 5.13 Å². The van der Waals surface area contributed by atoms with Crippen molar-refractivity contribution >= 4 is 54.2 Å². The van der Waals surface area contributed by atoms with Gasteiger partial charge in [0.25, 0.3) is 5.91 Å². The van der Waals surface area contributed by atoms with E-state index < -0.39 is 10.0 Å². The molecule has 36 heavy (non-hydrogen) atoms. The lowest BCUT2D eigenvalue weighted by atomic mass is 10.2. The molecule has 0 bridgehead atoms. The molecule has 2 aromatic carbocycles. The topological polar surface area (TPSA) is 79.8 Å². The van der Waals surface area contributed by atoms with E-state index in [1.165, 1.54) is 27.8 Å². The normalized spacial score (nSPS) is 16.2. The van der Waals surface area contributed by atoms with Gasteiger partial charge < -0.3 is 4.74 Å². The fourth-order valence-electron chi connectivity index (χ4n) is 4.30. The first-order valence-corrected chi connectivity index (χ1v) is 15.0. The predicted octanol–water partition coefficient (Wildman–Crippen LogP) is 5.89. The van der Waals surface area contributed by atoms with Gasteiger partial charge in [-0.15, -0.1) is 0 Å². The Morgan fingerprint density at radius 1 is 1.19 bits per heavy atom. The van der Waals surface area contributed by atoms with E-state index in [9.17, 15) is 13.2 Å². The molecule has 2 heterocycles. The Morgan fingerprint density at radius 3 is 2.56 bits per heavy atom. The number of hydrogen-bond acceptors (Lipinski definition) is 6. The predicted molar refractivity (Wildman–Crippen MR) is 146 cm³/mol. The summed E-state index contributed by atoms with van der Waals surface area (Å²) in [6, 6.07) is 9.95. The van der Waals surface area contributed by atoms with Crippen LogP contribution in [0.4, 0.5) is 5.13 Å². The molecule has 3 aromatic rings. The van der Waals surface area contributed by atoms with Gasteiger partial charge in [-0.05, 0) is 62.1 Å². The van der Waals surface area contributed by atoms with E-state index >= 15 is 0 Å². The summed E-state index contributed by atoms with van der Waals surface area (Å²) in [6.45, 7) is 7.76. The van der Waals surface area contributed by atoms with Crippen LogP contribution >= 0.6 is 22.9 Å². The maximum atomic E-state index is 13.7. The minimum atomic E-state index is -3.62. The molecule has 0 spiro atoms. The van der Waals surface area contributed by atoms with Crippen LogP contribution in [0.1, 0.15) is 55.5 Å². The number of carbonyl (C=O) groups is 1. The van der Waals surface area contributed by atoms with Gasteiger partial charge in [-0.3, -0.25) is 9.69 Å². The maximum Gasteiger partial charge on any atom is 0.260 e. The van der Waals surface area contributed by atoms with Gasteiger partial charge in [-0.1, -0.05) is 49.3 Å². The zero-order chi connectivity index (χ0) is 25.9. The van der Waals surface area contributed by atoms with Crippen LogP contribution < -0.4 is 4.90 Å². The maximum absolute atomic E-state index is 13.7. The summed E-state index contributed by atoms with van der Waals surface area (Å²) < 4.78 is 34.3. The van der Waals surface area contributed by atoms with Crippen molar-refractivity contribution < 1.29 is 17.9 Å². The summed E-state index contributed by atoms with van der Waals surface area (Å²) in [7, 11) is -3.62. The lowest BCUT2D eigenvalue weighted by Crippen LogP contribution is -2.37. The molecule has 0 N–H and O–H groups in total. The number of unbranched alkanes of at least 4 members (excludes halogenated alkanes) is 1. The second-order valence-electron chi connectivity index (χ2n) is 8.96. The number of thiazole rings is 1. The first-order valence-electron chi connectivity index (χ1n) is 12.4. The highest BCUT2D eigenvalue weighted by Gasteiger charge is 2.29. The summed E-state index contributed by atoms with van der Waals surface area (Å²) in [5, 5.41) is 1.15. The van der Waals surface area contributed by atoms with Crippen LogP contribution in [0, 0.1) is 6.92 Å². The van der Waals surface area contributed by atoms with Crippen molar-refractivity contribution in [2.75, 3.05) is 31.1 Å². The molecule has 194 valence electrons. The number of aromatic nitrogens is 1. The Morgan fingerprint density at radius 2 is 1.94 bits per heavy atom. The smallest absolute Gasteiger partial charge is 0.260 e. The highest BCUT2D eigenvalue weighted by molar-refractivity contribution is 7.89. The molecule has 1 fully saturated rings. The van der Waals surface area contributed by atoms with E-state index in [0.717, 1.165) is 41.5 Å². The minimum absolute atomic E-state index is 0.0751. The summed E-state index contributed by atoms with van der Waals surface area (Å²) in [6.07, 6.45) is 3.46. The SMILES string of the molecule is CCCCN(CC)S(=O)(=O)c1ccc(C(=O)N(CC2CCCO2)c2nc3c(C)ccc(Cl)c3s2)cc1. The first kappa shape index (κ1) is 27.0. The first-order chi connectivity index (χ1) is 17.3. The lowest BCUT2D eigenvalue weighted by Gasteiger charge is -2.23. The third kappa shape index (κ3) is 5.60. The molecule has 0 radical (unpaired) electrons. The van der Waals surface area contributed by atoms with E-state index in [0.29, 0.717) is 42.0 Å². The standard InChI is InChI=1S/C26H32ClN3O4S2/c1-4-6-15-29(5-2)36(32,33)21-12-10-19(11-13-21)25(31)30(17-20-8-7-16-34-20)26-28-23-18(3)9-14-22(27)24(23)35-26/h9-14,20H,4-8,15-17H2,1-3H3. The van der Waals surface area contributed by atoms with Crippen LogP contribution in [0.3, 0.4) is 0 Å². The lowest BCUT2D eigenvalue weighted by molar-refractivity contribution is 0.0917. The highest BCUT2D eigenvalue weighted by Crippen LogP contribution is 2.36. The largest absolute Gasteiger partial charge is 0.376 e. The number of carbonyl (C=O) groups excluding carboxylic acids is 1. The monoisotopic (exact) mass is 549 g/mol. The second kappa shape index (κ2) is 11.6. The fourth-order valence-corrected chi connectivity index (χ4v) is 7.11. The van der Waals surface area contributed by atoms with E-state index in [-0.39, 0.29) is 16.9 Å². The number of amides is 1. The van der Waals surface area contributed by atoms with Crippen molar-refractivity contribution in [1.29, 1.82) is 0 Å². The van der Waals surface area contributed by atoms with Gasteiger partial charge in [0.05, 0.1) is 32.8 Å². The van der Waals surface area contributed by atoms with Crippen LogP contribution in [-0.4, -0.2) is 56.0 Å². The molecule has 10 heteroatoms. The van der Waals surface area contributed by atoms with Gasteiger partial charge in [0, 0.05) is 25.3 Å². The van der Waals surface area contributed by atoms with Gasteiger partial charge in [-0.25, -0.2) is 13.4 Å². The Kier molecular flexibility index (Phi) is 8.67. The van der Waals surface area contributed by atoms with Gasteiger partial charge in [0.1, 0.15) is 0 Å². The molecule has 1 saturated heterocycles. The summed E-state index contributed by atoms with van der Waals surface area (Å²) in [5.41, 5.74) is 2.16. The van der Waals surface area contributed by atoms with E-state index in [4.69, 9.17) is 21.3 Å². The van der Waals surface area contributed by atoms with Crippen molar-refractivity contribution in [3.8, 4) is 0 Å². The molecule has 1 aliphatic rings. The average molecular weight is 550 g/mol. The van der Waals surface area contributed by atoms with E-state index in [2.05, 4.69) is 0 Å². The van der Waals surface area contributed by atoms with Crippen LogP contribution in [0.15, 0.2) is 41.3 Å². The molecule has 1 unspecified atom stereocenters. The van der Waals surface area contributed by atoms with Crippen LogP contribution in [-0.2, 0) is 14.8 Å². The summed E-state index contributed by atoms with van der Waals surface area (Å²) in [4.78, 5) is 20.3. The number of rotatable bonds is 10. The molecule has 0 saturated carbocycles. The Hall–Kier alpha value is -2.04.